The van der Waals surface area contributed by atoms with Gasteiger partial charge in [0.25, 0.3) is 5.91 Å². The first-order valence-electron chi connectivity index (χ1n) is 5.89. The monoisotopic (exact) mass is 269 g/mol. The molecule has 1 saturated heterocycles. The fourth-order valence-corrected chi connectivity index (χ4v) is 2.44. The lowest BCUT2D eigenvalue weighted by Gasteiger charge is -2.37. The summed E-state index contributed by atoms with van der Waals surface area (Å²) in [7, 11) is 0. The number of hydrogen-bond acceptors (Lipinski definition) is 3. The third-order valence-electron chi connectivity index (χ3n) is 3.14. The highest BCUT2D eigenvalue weighted by Crippen LogP contribution is 2.26. The van der Waals surface area contributed by atoms with Gasteiger partial charge in [-0.05, 0) is 38.0 Å². The number of carbonyl (C=O) groups is 1. The molecule has 5 heteroatoms. The van der Waals surface area contributed by atoms with Crippen molar-refractivity contribution in [1.82, 2.24) is 4.90 Å². The first kappa shape index (κ1) is 13.2. The van der Waals surface area contributed by atoms with E-state index in [1.807, 2.05) is 0 Å². The predicted molar refractivity (Wildman–Crippen MR) is 68.9 cm³/mol. The van der Waals surface area contributed by atoms with Crippen LogP contribution in [0.3, 0.4) is 0 Å². The highest BCUT2D eigenvalue weighted by atomic mass is 35.5. The summed E-state index contributed by atoms with van der Waals surface area (Å²) < 4.78 is 0. The number of piperidine rings is 1. The number of hydrogen-bond donors (Lipinski definition) is 2. The van der Waals surface area contributed by atoms with Gasteiger partial charge in [0, 0.05) is 13.1 Å². The van der Waals surface area contributed by atoms with Crippen molar-refractivity contribution in [3.05, 3.63) is 28.8 Å². The SMILES string of the molecule is CC1(O)CCCN(C(=O)c2cc(O)ccc2Cl)C1. The van der Waals surface area contributed by atoms with Crippen molar-refractivity contribution in [1.29, 1.82) is 0 Å². The number of nitrogens with zero attached hydrogens (tertiary/aromatic N) is 1. The van der Waals surface area contributed by atoms with Crippen molar-refractivity contribution in [2.75, 3.05) is 13.1 Å². The first-order valence-corrected chi connectivity index (χ1v) is 6.27. The van der Waals surface area contributed by atoms with E-state index in [0.717, 1.165) is 6.42 Å². The normalized spacial score (nSPS) is 24.1. The largest absolute Gasteiger partial charge is 0.508 e. The Morgan fingerprint density at radius 3 is 2.89 bits per heavy atom. The Balaban J connectivity index is 2.23. The molecule has 1 aromatic rings. The molecule has 4 nitrogen and oxygen atoms in total. The van der Waals surface area contributed by atoms with Crippen LogP contribution in [0.4, 0.5) is 0 Å². The van der Waals surface area contributed by atoms with Gasteiger partial charge in [-0.2, -0.15) is 0 Å². The molecule has 0 bridgehead atoms. The zero-order chi connectivity index (χ0) is 13.3. The molecule has 1 unspecified atom stereocenters. The van der Waals surface area contributed by atoms with Crippen LogP contribution in [0.15, 0.2) is 18.2 Å². The molecule has 1 aromatic carbocycles. The second kappa shape index (κ2) is 4.78. The van der Waals surface area contributed by atoms with Crippen LogP contribution in [0, 0.1) is 0 Å². The fourth-order valence-electron chi connectivity index (χ4n) is 2.24. The highest BCUT2D eigenvalue weighted by Gasteiger charge is 2.31. The van der Waals surface area contributed by atoms with Crippen molar-refractivity contribution in [3.63, 3.8) is 0 Å². The number of amides is 1. The van der Waals surface area contributed by atoms with E-state index in [4.69, 9.17) is 11.6 Å². The van der Waals surface area contributed by atoms with Gasteiger partial charge in [0.05, 0.1) is 16.2 Å². The second-order valence-corrected chi connectivity index (χ2v) is 5.40. The molecule has 1 amide bonds. The van der Waals surface area contributed by atoms with Gasteiger partial charge in [0.15, 0.2) is 0 Å². The molecule has 1 aliphatic heterocycles. The number of benzene rings is 1. The lowest BCUT2D eigenvalue weighted by atomic mass is 9.94. The number of β-amino-alcohol motifs (C(OH)–C–C–N with tert-alkyl or cyclic N) is 1. The van der Waals surface area contributed by atoms with E-state index in [2.05, 4.69) is 0 Å². The summed E-state index contributed by atoms with van der Waals surface area (Å²) in [6, 6.07) is 4.28. The van der Waals surface area contributed by atoms with E-state index in [-0.39, 0.29) is 23.8 Å². The summed E-state index contributed by atoms with van der Waals surface area (Å²) in [6.07, 6.45) is 1.44. The third kappa shape index (κ3) is 2.76. The van der Waals surface area contributed by atoms with E-state index in [1.165, 1.54) is 18.2 Å². The van der Waals surface area contributed by atoms with Crippen LogP contribution in [-0.4, -0.2) is 39.7 Å². The van der Waals surface area contributed by atoms with Gasteiger partial charge in [0.2, 0.25) is 0 Å². The Labute approximate surface area is 111 Å². The molecule has 0 spiro atoms. The van der Waals surface area contributed by atoms with Crippen molar-refractivity contribution < 1.29 is 15.0 Å². The summed E-state index contributed by atoms with van der Waals surface area (Å²) in [5.74, 6) is -0.248. The topological polar surface area (TPSA) is 60.8 Å². The number of rotatable bonds is 1. The molecule has 0 saturated carbocycles. The van der Waals surface area contributed by atoms with E-state index in [0.29, 0.717) is 18.0 Å². The van der Waals surface area contributed by atoms with Crippen LogP contribution in [0.2, 0.25) is 5.02 Å². The van der Waals surface area contributed by atoms with Gasteiger partial charge in [-0.15, -0.1) is 0 Å². The maximum Gasteiger partial charge on any atom is 0.255 e. The zero-order valence-electron chi connectivity index (χ0n) is 10.2. The quantitative estimate of drug-likeness (QED) is 0.820. The molecular weight excluding hydrogens is 254 g/mol. The smallest absolute Gasteiger partial charge is 0.255 e. The molecule has 1 aliphatic rings. The van der Waals surface area contributed by atoms with Crippen LogP contribution < -0.4 is 0 Å². The average Bonchev–Trinajstić information content (AvgIpc) is 2.30. The average molecular weight is 270 g/mol. The molecule has 1 fully saturated rings. The molecule has 1 heterocycles. The molecule has 2 N–H and O–H groups in total. The molecule has 18 heavy (non-hydrogen) atoms. The summed E-state index contributed by atoms with van der Waals surface area (Å²) in [5.41, 5.74) is -0.577. The summed E-state index contributed by atoms with van der Waals surface area (Å²) >= 11 is 5.96. The number of carbonyl (C=O) groups excluding carboxylic acids is 1. The van der Waals surface area contributed by atoms with Crippen LogP contribution in [0.5, 0.6) is 5.75 Å². The molecule has 98 valence electrons. The third-order valence-corrected chi connectivity index (χ3v) is 3.47. The standard InChI is InChI=1S/C13H16ClNO3/c1-13(18)5-2-6-15(8-13)12(17)10-7-9(16)3-4-11(10)14/h3-4,7,16,18H,2,5-6,8H2,1H3. The van der Waals surface area contributed by atoms with Crippen LogP contribution >= 0.6 is 11.6 Å². The van der Waals surface area contributed by atoms with Gasteiger partial charge in [0.1, 0.15) is 5.75 Å². The summed E-state index contributed by atoms with van der Waals surface area (Å²) in [6.45, 7) is 2.61. The van der Waals surface area contributed by atoms with Crippen LogP contribution in [0.1, 0.15) is 30.1 Å². The van der Waals surface area contributed by atoms with E-state index < -0.39 is 5.60 Å². The number of phenols is 1. The lowest BCUT2D eigenvalue weighted by molar-refractivity contribution is -0.0107. The molecule has 1 atom stereocenters. The number of halogens is 1. The Morgan fingerprint density at radius 2 is 2.22 bits per heavy atom. The van der Waals surface area contributed by atoms with Crippen LogP contribution in [-0.2, 0) is 0 Å². The van der Waals surface area contributed by atoms with E-state index >= 15 is 0 Å². The Hall–Kier alpha value is -1.26. The minimum Gasteiger partial charge on any atom is -0.508 e. The highest BCUT2D eigenvalue weighted by molar-refractivity contribution is 6.33. The van der Waals surface area contributed by atoms with Crippen molar-refractivity contribution >= 4 is 17.5 Å². The van der Waals surface area contributed by atoms with Crippen molar-refractivity contribution in [2.24, 2.45) is 0 Å². The van der Waals surface area contributed by atoms with Gasteiger partial charge < -0.3 is 15.1 Å². The number of aliphatic hydroxyl groups is 1. The maximum absolute atomic E-state index is 12.3. The fraction of sp³-hybridized carbons (Fsp3) is 0.462. The maximum atomic E-state index is 12.3. The molecule has 0 radical (unpaired) electrons. The second-order valence-electron chi connectivity index (χ2n) is 4.99. The first-order chi connectivity index (χ1) is 8.39. The van der Waals surface area contributed by atoms with Gasteiger partial charge in [-0.25, -0.2) is 0 Å². The number of aromatic hydroxyl groups is 1. The Bertz CT molecular complexity index is 473. The number of likely N-dealkylation sites (tertiary alicyclic amines) is 1. The van der Waals surface area contributed by atoms with Gasteiger partial charge >= 0.3 is 0 Å². The summed E-state index contributed by atoms with van der Waals surface area (Å²) in [4.78, 5) is 13.9. The number of phenolic OH excluding ortho intramolecular Hbond substituents is 1. The zero-order valence-corrected chi connectivity index (χ0v) is 10.9. The van der Waals surface area contributed by atoms with Gasteiger partial charge in [-0.1, -0.05) is 11.6 Å². The molecule has 2 rings (SSSR count). The molecule has 0 aromatic heterocycles. The molecular formula is C13H16ClNO3. The molecule has 0 aliphatic carbocycles. The van der Waals surface area contributed by atoms with Crippen molar-refractivity contribution in [2.45, 2.75) is 25.4 Å². The van der Waals surface area contributed by atoms with Crippen LogP contribution in [0.25, 0.3) is 0 Å². The van der Waals surface area contributed by atoms with Gasteiger partial charge in [-0.3, -0.25) is 4.79 Å². The Kier molecular flexibility index (Phi) is 3.50. The van der Waals surface area contributed by atoms with E-state index in [1.54, 1.807) is 11.8 Å². The Morgan fingerprint density at radius 1 is 1.50 bits per heavy atom. The minimum atomic E-state index is -0.850. The lowest BCUT2D eigenvalue weighted by Crippen LogP contribution is -2.48. The minimum absolute atomic E-state index is 0.00604. The van der Waals surface area contributed by atoms with E-state index in [9.17, 15) is 15.0 Å². The van der Waals surface area contributed by atoms with Crippen molar-refractivity contribution in [3.8, 4) is 5.75 Å². The summed E-state index contributed by atoms with van der Waals surface area (Å²) in [5, 5.41) is 19.7. The predicted octanol–water partition coefficient (Wildman–Crippen LogP) is 2.03.